The highest BCUT2D eigenvalue weighted by Gasteiger charge is 2.52. The molecule has 2 aromatic carbocycles. The quantitative estimate of drug-likeness (QED) is 0.657. The van der Waals surface area contributed by atoms with Gasteiger partial charge in [0.05, 0.1) is 31.8 Å². The highest BCUT2D eigenvalue weighted by atomic mass is 16.7. The van der Waals surface area contributed by atoms with Gasteiger partial charge in [-0.15, -0.1) is 0 Å². The number of rotatable bonds is 7. The van der Waals surface area contributed by atoms with Crippen molar-refractivity contribution in [2.24, 2.45) is 0 Å². The van der Waals surface area contributed by atoms with E-state index in [0.717, 1.165) is 74.1 Å². The van der Waals surface area contributed by atoms with E-state index in [4.69, 9.17) is 18.9 Å². The number of nitrogens with one attached hydrogen (secondary N) is 1. The number of allylic oxidation sites excluding steroid dienone is 3. The first-order valence-corrected chi connectivity index (χ1v) is 12.2. The average Bonchev–Trinajstić information content (AvgIpc) is 3.37. The van der Waals surface area contributed by atoms with E-state index < -0.39 is 5.41 Å². The van der Waals surface area contributed by atoms with Gasteiger partial charge < -0.3 is 24.3 Å². The van der Waals surface area contributed by atoms with Gasteiger partial charge in [-0.05, 0) is 59.9 Å². The molecule has 2 aromatic rings. The van der Waals surface area contributed by atoms with Gasteiger partial charge in [-0.1, -0.05) is 24.3 Å². The summed E-state index contributed by atoms with van der Waals surface area (Å²) in [5.74, 6) is 2.37. The normalized spacial score (nSPS) is 21.2. The first kappa shape index (κ1) is 22.2. The van der Waals surface area contributed by atoms with Crippen LogP contribution in [-0.2, 0) is 14.9 Å². The Labute approximate surface area is 205 Å². The molecular formula is C28H30N2O5. The van der Waals surface area contributed by atoms with E-state index in [2.05, 4.69) is 34.5 Å². The molecule has 2 aliphatic heterocycles. The highest BCUT2D eigenvalue weighted by Crippen LogP contribution is 2.51. The Balaban J connectivity index is 1.16. The lowest BCUT2D eigenvalue weighted by atomic mass is 9.93. The zero-order valence-corrected chi connectivity index (χ0v) is 19.9. The molecule has 1 saturated carbocycles. The van der Waals surface area contributed by atoms with Gasteiger partial charge in [-0.2, -0.15) is 0 Å². The van der Waals surface area contributed by atoms with Crippen LogP contribution in [0.25, 0.3) is 0 Å². The van der Waals surface area contributed by atoms with Gasteiger partial charge in [0.25, 0.3) is 0 Å². The molecule has 2 aliphatic carbocycles. The Morgan fingerprint density at radius 2 is 1.80 bits per heavy atom. The van der Waals surface area contributed by atoms with E-state index >= 15 is 0 Å². The maximum atomic E-state index is 13.4. The Morgan fingerprint density at radius 1 is 1.03 bits per heavy atom. The van der Waals surface area contributed by atoms with Crippen LogP contribution < -0.4 is 19.5 Å². The molecule has 0 aromatic heterocycles. The van der Waals surface area contributed by atoms with Crippen molar-refractivity contribution in [1.82, 2.24) is 10.2 Å². The number of carbonyl (C=O) groups excluding carboxylic acids is 1. The van der Waals surface area contributed by atoms with Crippen LogP contribution >= 0.6 is 0 Å². The van der Waals surface area contributed by atoms with Gasteiger partial charge in [-0.25, -0.2) is 0 Å². The van der Waals surface area contributed by atoms with Crippen LogP contribution in [0.1, 0.15) is 36.4 Å². The lowest BCUT2D eigenvalue weighted by Crippen LogP contribution is -2.40. The van der Waals surface area contributed by atoms with Gasteiger partial charge >= 0.3 is 0 Å². The second-order valence-electron chi connectivity index (χ2n) is 9.54. The summed E-state index contributed by atoms with van der Waals surface area (Å²) in [6, 6.07) is 14.3. The molecule has 1 saturated heterocycles. The van der Waals surface area contributed by atoms with Crippen molar-refractivity contribution in [2.45, 2.75) is 30.7 Å². The van der Waals surface area contributed by atoms with Crippen LogP contribution in [-0.4, -0.2) is 51.0 Å². The molecule has 7 heteroatoms. The average molecular weight is 475 g/mol. The van der Waals surface area contributed by atoms with Crippen molar-refractivity contribution in [3.8, 4) is 17.2 Å². The van der Waals surface area contributed by atoms with Crippen LogP contribution in [0.3, 0.4) is 0 Å². The van der Waals surface area contributed by atoms with E-state index in [1.165, 1.54) is 11.1 Å². The molecule has 0 bridgehead atoms. The summed E-state index contributed by atoms with van der Waals surface area (Å²) in [5, 5.41) is 3.24. The smallest absolute Gasteiger partial charge is 0.234 e. The summed E-state index contributed by atoms with van der Waals surface area (Å²) in [7, 11) is 1.68. The second kappa shape index (κ2) is 9.06. The topological polar surface area (TPSA) is 69.3 Å². The molecule has 182 valence electrons. The van der Waals surface area contributed by atoms with E-state index in [1.54, 1.807) is 7.11 Å². The van der Waals surface area contributed by atoms with Gasteiger partial charge in [0, 0.05) is 25.2 Å². The third-order valence-corrected chi connectivity index (χ3v) is 7.47. The molecule has 1 N–H and O–H groups in total. The number of hydrogen-bond acceptors (Lipinski definition) is 6. The minimum Gasteiger partial charge on any atom is -0.497 e. The molecule has 2 heterocycles. The molecule has 1 amide bonds. The Kier molecular flexibility index (Phi) is 5.74. The van der Waals surface area contributed by atoms with Crippen molar-refractivity contribution < 1.29 is 23.7 Å². The standard InChI is InChI=1S/C28H30N2O5/c1-32-23-7-3-19(4-8-23)26(30-12-14-33-15-13-30)20-2-6-22(16-20)29-27(31)28(10-11-28)21-5-9-24-25(17-21)35-18-34-24/h2-9,17,26H,10-16,18H2,1H3,(H,29,31). The number of nitrogens with zero attached hydrogens (tertiary/aromatic N) is 1. The molecule has 6 rings (SSSR count). The van der Waals surface area contributed by atoms with Crippen molar-refractivity contribution in [3.05, 3.63) is 77.0 Å². The van der Waals surface area contributed by atoms with Crippen LogP contribution in [0.15, 0.2) is 65.9 Å². The number of ether oxygens (including phenoxy) is 4. The molecule has 1 unspecified atom stereocenters. The zero-order valence-electron chi connectivity index (χ0n) is 19.9. The molecule has 7 nitrogen and oxygen atoms in total. The number of benzene rings is 2. The molecule has 2 fully saturated rings. The Morgan fingerprint density at radius 3 is 2.54 bits per heavy atom. The van der Waals surface area contributed by atoms with Crippen LogP contribution in [0.4, 0.5) is 0 Å². The lowest BCUT2D eigenvalue weighted by molar-refractivity contribution is -0.122. The molecule has 0 spiro atoms. The number of carbonyl (C=O) groups is 1. The van der Waals surface area contributed by atoms with Crippen molar-refractivity contribution in [3.63, 3.8) is 0 Å². The SMILES string of the molecule is COc1ccc(C(C2=CC=C(NC(=O)C3(c4ccc5c(c4)OCO5)CC3)C2)N2CCOCC2)cc1. The van der Waals surface area contributed by atoms with Crippen molar-refractivity contribution >= 4 is 5.91 Å². The van der Waals surface area contributed by atoms with Gasteiger partial charge in [0.2, 0.25) is 12.7 Å². The summed E-state index contributed by atoms with van der Waals surface area (Å²) in [6.07, 6.45) is 6.62. The van der Waals surface area contributed by atoms with E-state index in [0.29, 0.717) is 0 Å². The molecule has 1 atom stereocenters. The third-order valence-electron chi connectivity index (χ3n) is 7.47. The van der Waals surface area contributed by atoms with Crippen LogP contribution in [0, 0.1) is 0 Å². The first-order chi connectivity index (χ1) is 17.2. The molecule has 0 radical (unpaired) electrons. The molecule has 35 heavy (non-hydrogen) atoms. The monoisotopic (exact) mass is 474 g/mol. The number of fused-ring (bicyclic) bond motifs is 1. The number of hydrogen-bond donors (Lipinski definition) is 1. The lowest BCUT2D eigenvalue weighted by Gasteiger charge is -2.36. The Bertz CT molecular complexity index is 1180. The summed E-state index contributed by atoms with van der Waals surface area (Å²) >= 11 is 0. The summed E-state index contributed by atoms with van der Waals surface area (Å²) in [5.41, 5.74) is 3.96. The fourth-order valence-electron chi connectivity index (χ4n) is 5.33. The van der Waals surface area contributed by atoms with Crippen LogP contribution in [0.2, 0.25) is 0 Å². The number of morpholine rings is 1. The molecule has 4 aliphatic rings. The van der Waals surface area contributed by atoms with Crippen molar-refractivity contribution in [2.75, 3.05) is 40.2 Å². The summed E-state index contributed by atoms with van der Waals surface area (Å²) < 4.78 is 21.9. The minimum atomic E-state index is -0.482. The fraction of sp³-hybridized carbons (Fsp3) is 0.393. The summed E-state index contributed by atoms with van der Waals surface area (Å²) in [6.45, 7) is 3.45. The minimum absolute atomic E-state index is 0.0598. The van der Waals surface area contributed by atoms with Crippen molar-refractivity contribution in [1.29, 1.82) is 0 Å². The van der Waals surface area contributed by atoms with Gasteiger partial charge in [0.15, 0.2) is 11.5 Å². The van der Waals surface area contributed by atoms with E-state index in [1.807, 2.05) is 30.3 Å². The molecular weight excluding hydrogens is 444 g/mol. The van der Waals surface area contributed by atoms with Gasteiger partial charge in [-0.3, -0.25) is 9.69 Å². The highest BCUT2D eigenvalue weighted by molar-refractivity contribution is 5.92. The predicted molar refractivity (Wildman–Crippen MR) is 131 cm³/mol. The predicted octanol–water partition coefficient (Wildman–Crippen LogP) is 3.86. The Hall–Kier alpha value is -3.29. The first-order valence-electron chi connectivity index (χ1n) is 12.2. The largest absolute Gasteiger partial charge is 0.497 e. The van der Waals surface area contributed by atoms with E-state index in [-0.39, 0.29) is 18.7 Å². The maximum absolute atomic E-state index is 13.4. The summed E-state index contributed by atoms with van der Waals surface area (Å²) in [4.78, 5) is 15.9. The van der Waals surface area contributed by atoms with E-state index in [9.17, 15) is 4.79 Å². The maximum Gasteiger partial charge on any atom is 0.234 e. The number of methoxy groups -OCH3 is 1. The van der Waals surface area contributed by atoms with Crippen LogP contribution in [0.5, 0.6) is 17.2 Å². The third kappa shape index (κ3) is 4.19. The van der Waals surface area contributed by atoms with Gasteiger partial charge in [0.1, 0.15) is 5.75 Å². The fourth-order valence-corrected chi connectivity index (χ4v) is 5.33. The zero-order chi connectivity index (χ0) is 23.8. The second-order valence-corrected chi connectivity index (χ2v) is 9.54. The number of amides is 1.